The summed E-state index contributed by atoms with van der Waals surface area (Å²) >= 11 is 6.00. The lowest BCUT2D eigenvalue weighted by Gasteiger charge is -2.14. The zero-order valence-electron chi connectivity index (χ0n) is 9.92. The summed E-state index contributed by atoms with van der Waals surface area (Å²) in [6.07, 6.45) is 2.26. The first-order valence-corrected chi connectivity index (χ1v) is 5.81. The lowest BCUT2D eigenvalue weighted by molar-refractivity contribution is 0.414. The Kier molecular flexibility index (Phi) is 4.03. The molecule has 86 valence electrons. The van der Waals surface area contributed by atoms with Gasteiger partial charge < -0.3 is 5.73 Å². The number of rotatable bonds is 4. The molecule has 0 aromatic carbocycles. The maximum atomic E-state index is 6.00. The second kappa shape index (κ2) is 4.88. The molecule has 0 aliphatic heterocycles. The van der Waals surface area contributed by atoms with Gasteiger partial charge in [0.2, 0.25) is 0 Å². The highest BCUT2D eigenvalue weighted by Crippen LogP contribution is 2.27. The maximum Gasteiger partial charge on any atom is 0.141 e. The standard InChI is InChI=1S/C11H20ClN3/c1-7(2)5-6-8(3)15-11(13)10(12)9(4)14-15/h7-8H,5-6,13H2,1-4H3. The fourth-order valence-corrected chi connectivity index (χ4v) is 1.70. The molecule has 1 atom stereocenters. The Balaban J connectivity index is 2.73. The van der Waals surface area contributed by atoms with Crippen LogP contribution >= 0.6 is 11.6 Å². The van der Waals surface area contributed by atoms with Crippen LogP contribution in [0.4, 0.5) is 5.82 Å². The van der Waals surface area contributed by atoms with Crippen LogP contribution in [0.15, 0.2) is 0 Å². The van der Waals surface area contributed by atoms with Crippen LogP contribution in [0.3, 0.4) is 0 Å². The normalized spacial score (nSPS) is 13.5. The molecule has 0 saturated heterocycles. The van der Waals surface area contributed by atoms with Gasteiger partial charge in [-0.3, -0.25) is 0 Å². The van der Waals surface area contributed by atoms with Crippen molar-refractivity contribution in [1.82, 2.24) is 9.78 Å². The predicted octanol–water partition coefficient (Wildman–Crippen LogP) is 3.42. The Morgan fingerprint density at radius 1 is 1.33 bits per heavy atom. The number of hydrogen-bond acceptors (Lipinski definition) is 2. The van der Waals surface area contributed by atoms with Gasteiger partial charge in [0.1, 0.15) is 10.8 Å². The molecule has 1 aromatic heterocycles. The molecule has 4 heteroatoms. The van der Waals surface area contributed by atoms with Crippen LogP contribution in [0.2, 0.25) is 5.02 Å². The fourth-order valence-electron chi connectivity index (χ4n) is 1.58. The van der Waals surface area contributed by atoms with E-state index in [1.54, 1.807) is 0 Å². The minimum absolute atomic E-state index is 0.318. The highest BCUT2D eigenvalue weighted by Gasteiger charge is 2.15. The first kappa shape index (κ1) is 12.4. The lowest BCUT2D eigenvalue weighted by Crippen LogP contribution is -2.11. The number of aromatic nitrogens is 2. The minimum atomic E-state index is 0.318. The quantitative estimate of drug-likeness (QED) is 0.860. The third kappa shape index (κ3) is 2.88. The summed E-state index contributed by atoms with van der Waals surface area (Å²) in [6, 6.07) is 0.318. The molecule has 0 fully saturated rings. The van der Waals surface area contributed by atoms with Gasteiger partial charge in [-0.1, -0.05) is 25.4 Å². The molecule has 0 saturated carbocycles. The maximum absolute atomic E-state index is 6.00. The third-order valence-corrected chi connectivity index (χ3v) is 3.09. The summed E-state index contributed by atoms with van der Waals surface area (Å²) in [7, 11) is 0. The molecule has 0 bridgehead atoms. The summed E-state index contributed by atoms with van der Waals surface area (Å²) in [6.45, 7) is 8.45. The van der Waals surface area contributed by atoms with Crippen LogP contribution < -0.4 is 5.73 Å². The van der Waals surface area contributed by atoms with Crippen molar-refractivity contribution in [3.05, 3.63) is 10.7 Å². The number of aryl methyl sites for hydroxylation is 1. The fraction of sp³-hybridized carbons (Fsp3) is 0.727. The van der Waals surface area contributed by atoms with Crippen molar-refractivity contribution in [3.63, 3.8) is 0 Å². The van der Waals surface area contributed by atoms with Gasteiger partial charge in [-0.2, -0.15) is 5.10 Å². The summed E-state index contributed by atoms with van der Waals surface area (Å²) < 4.78 is 1.83. The van der Waals surface area contributed by atoms with Crippen molar-refractivity contribution in [3.8, 4) is 0 Å². The first-order valence-electron chi connectivity index (χ1n) is 5.43. The third-order valence-electron chi connectivity index (χ3n) is 2.63. The predicted molar refractivity (Wildman–Crippen MR) is 65.2 cm³/mol. The Labute approximate surface area is 96.6 Å². The van der Waals surface area contributed by atoms with Crippen molar-refractivity contribution >= 4 is 17.4 Å². The van der Waals surface area contributed by atoms with Gasteiger partial charge in [-0.25, -0.2) is 4.68 Å². The molecular formula is C11H20ClN3. The highest BCUT2D eigenvalue weighted by molar-refractivity contribution is 6.33. The number of nitrogens with two attached hydrogens (primary N) is 1. The Bertz CT molecular complexity index is 331. The Morgan fingerprint density at radius 3 is 2.33 bits per heavy atom. The van der Waals surface area contributed by atoms with Crippen LogP contribution in [-0.2, 0) is 0 Å². The number of nitrogen functional groups attached to an aromatic ring is 1. The zero-order chi connectivity index (χ0) is 11.6. The van der Waals surface area contributed by atoms with Gasteiger partial charge in [0.15, 0.2) is 0 Å². The van der Waals surface area contributed by atoms with Gasteiger partial charge in [-0.15, -0.1) is 0 Å². The Morgan fingerprint density at radius 2 is 1.93 bits per heavy atom. The highest BCUT2D eigenvalue weighted by atomic mass is 35.5. The van der Waals surface area contributed by atoms with Crippen molar-refractivity contribution in [2.75, 3.05) is 5.73 Å². The average Bonchev–Trinajstić information content (AvgIpc) is 2.42. The molecule has 0 aliphatic carbocycles. The molecule has 0 radical (unpaired) electrons. The van der Waals surface area contributed by atoms with Gasteiger partial charge in [0.25, 0.3) is 0 Å². The molecule has 0 amide bonds. The number of hydrogen-bond donors (Lipinski definition) is 1. The first-order chi connectivity index (χ1) is 6.93. The minimum Gasteiger partial charge on any atom is -0.383 e. The van der Waals surface area contributed by atoms with Crippen LogP contribution in [0.1, 0.15) is 45.3 Å². The number of anilines is 1. The van der Waals surface area contributed by atoms with Crippen molar-refractivity contribution < 1.29 is 0 Å². The van der Waals surface area contributed by atoms with E-state index in [9.17, 15) is 0 Å². The van der Waals surface area contributed by atoms with E-state index in [0.717, 1.165) is 12.1 Å². The number of nitrogens with zero attached hydrogens (tertiary/aromatic N) is 2. The molecule has 15 heavy (non-hydrogen) atoms. The summed E-state index contributed by atoms with van der Waals surface area (Å²) in [5.74, 6) is 1.30. The summed E-state index contributed by atoms with van der Waals surface area (Å²) in [5.41, 5.74) is 6.69. The van der Waals surface area contributed by atoms with E-state index in [1.807, 2.05) is 11.6 Å². The van der Waals surface area contributed by atoms with Crippen molar-refractivity contribution in [2.45, 2.75) is 46.6 Å². The van der Waals surface area contributed by atoms with Crippen molar-refractivity contribution in [1.29, 1.82) is 0 Å². The van der Waals surface area contributed by atoms with E-state index < -0.39 is 0 Å². The van der Waals surface area contributed by atoms with Crippen LogP contribution in [0.25, 0.3) is 0 Å². The van der Waals surface area contributed by atoms with Gasteiger partial charge in [0, 0.05) is 0 Å². The second-order valence-corrected chi connectivity index (χ2v) is 4.93. The molecule has 0 spiro atoms. The van der Waals surface area contributed by atoms with Gasteiger partial charge in [0.05, 0.1) is 11.7 Å². The number of halogens is 1. The van der Waals surface area contributed by atoms with E-state index in [0.29, 0.717) is 22.8 Å². The van der Waals surface area contributed by atoms with E-state index in [4.69, 9.17) is 17.3 Å². The van der Waals surface area contributed by atoms with Crippen LogP contribution in [-0.4, -0.2) is 9.78 Å². The van der Waals surface area contributed by atoms with Crippen molar-refractivity contribution in [2.24, 2.45) is 5.92 Å². The van der Waals surface area contributed by atoms with E-state index in [-0.39, 0.29) is 0 Å². The summed E-state index contributed by atoms with van der Waals surface area (Å²) in [4.78, 5) is 0. The molecule has 1 unspecified atom stereocenters. The molecule has 1 heterocycles. The molecular weight excluding hydrogens is 210 g/mol. The molecule has 1 aromatic rings. The molecule has 3 nitrogen and oxygen atoms in total. The van der Waals surface area contributed by atoms with Gasteiger partial charge >= 0.3 is 0 Å². The lowest BCUT2D eigenvalue weighted by atomic mass is 10.0. The zero-order valence-corrected chi connectivity index (χ0v) is 10.7. The smallest absolute Gasteiger partial charge is 0.141 e. The van der Waals surface area contributed by atoms with E-state index in [1.165, 1.54) is 6.42 Å². The SMILES string of the molecule is Cc1nn(C(C)CCC(C)C)c(N)c1Cl. The van der Waals surface area contributed by atoms with Gasteiger partial charge in [-0.05, 0) is 32.6 Å². The second-order valence-electron chi connectivity index (χ2n) is 4.55. The topological polar surface area (TPSA) is 43.8 Å². The average molecular weight is 230 g/mol. The summed E-state index contributed by atoms with van der Waals surface area (Å²) in [5, 5.41) is 4.94. The monoisotopic (exact) mass is 229 g/mol. The van der Waals surface area contributed by atoms with E-state index >= 15 is 0 Å². The largest absolute Gasteiger partial charge is 0.383 e. The van der Waals surface area contributed by atoms with E-state index in [2.05, 4.69) is 25.9 Å². The van der Waals surface area contributed by atoms with Crippen LogP contribution in [0.5, 0.6) is 0 Å². The van der Waals surface area contributed by atoms with Crippen LogP contribution in [0, 0.1) is 12.8 Å². The molecule has 2 N–H and O–H groups in total. The molecule has 1 rings (SSSR count). The Hall–Kier alpha value is -0.700. The molecule has 0 aliphatic rings.